The van der Waals surface area contributed by atoms with Gasteiger partial charge >= 0.3 is 0 Å². The first-order valence-electron chi connectivity index (χ1n) is 3.20. The van der Waals surface area contributed by atoms with Crippen LogP contribution in [0, 0.1) is 0 Å². The average Bonchev–Trinajstić information content (AvgIpc) is 1.98. The molecule has 1 N–H and O–H groups in total. The fraction of sp³-hybridized carbons (Fsp3) is 0.571. The van der Waals surface area contributed by atoms with Crippen LogP contribution >= 0.6 is 0 Å². The Morgan fingerprint density at radius 3 is 3.00 bits per heavy atom. The van der Waals surface area contributed by atoms with Crippen LogP contribution in [0.4, 0.5) is 0 Å². The van der Waals surface area contributed by atoms with Gasteiger partial charge in [-0.2, -0.15) is 0 Å². The van der Waals surface area contributed by atoms with Crippen LogP contribution in [0.25, 0.3) is 0 Å². The van der Waals surface area contributed by atoms with Gasteiger partial charge in [-0.3, -0.25) is 4.79 Å². The van der Waals surface area contributed by atoms with Crippen molar-refractivity contribution in [3.8, 4) is 0 Å². The van der Waals surface area contributed by atoms with E-state index in [1.54, 1.807) is 7.11 Å². The molecule has 58 valence electrons. The minimum atomic E-state index is -0.129. The van der Waals surface area contributed by atoms with Gasteiger partial charge in [-0.15, -0.1) is 0 Å². The maximum atomic E-state index is 10.5. The Bertz CT molecular complexity index is 112. The number of ether oxygens (including phenoxy) is 1. The highest BCUT2D eigenvalue weighted by atomic mass is 16.5. The van der Waals surface area contributed by atoms with Crippen LogP contribution in [-0.2, 0) is 9.53 Å². The molecule has 0 aromatic heterocycles. The number of amides is 1. The van der Waals surface area contributed by atoms with Gasteiger partial charge in [0.15, 0.2) is 0 Å². The first kappa shape index (κ1) is 9.17. The monoisotopic (exact) mass is 143 g/mol. The zero-order valence-corrected chi connectivity index (χ0v) is 6.22. The van der Waals surface area contributed by atoms with E-state index in [1.807, 2.05) is 0 Å². The average molecular weight is 143 g/mol. The number of carbonyl (C=O) groups excluding carboxylic acids is 1. The Morgan fingerprint density at radius 1 is 1.80 bits per heavy atom. The van der Waals surface area contributed by atoms with Crippen molar-refractivity contribution in [1.29, 1.82) is 0 Å². The molecule has 0 atom stereocenters. The quantitative estimate of drug-likeness (QED) is 0.445. The lowest BCUT2D eigenvalue weighted by molar-refractivity contribution is -0.116. The molecule has 0 fully saturated rings. The standard InChI is InChI=1S/C7H13NO2/c1-3-7(9)8-5-4-6-10-2/h3H,1,4-6H2,2H3,(H,8,9). The SMILES string of the molecule is C=CC(=O)NCCCOC. The molecule has 0 aromatic carbocycles. The van der Waals surface area contributed by atoms with E-state index in [4.69, 9.17) is 4.74 Å². The molecule has 0 aromatic rings. The summed E-state index contributed by atoms with van der Waals surface area (Å²) in [5, 5.41) is 2.63. The minimum Gasteiger partial charge on any atom is -0.385 e. The van der Waals surface area contributed by atoms with Gasteiger partial charge < -0.3 is 10.1 Å². The fourth-order valence-corrected chi connectivity index (χ4v) is 0.500. The van der Waals surface area contributed by atoms with Gasteiger partial charge in [0.25, 0.3) is 0 Å². The van der Waals surface area contributed by atoms with E-state index in [2.05, 4.69) is 11.9 Å². The predicted octanol–water partition coefficient (Wildman–Crippen LogP) is 0.325. The smallest absolute Gasteiger partial charge is 0.243 e. The van der Waals surface area contributed by atoms with Crippen molar-refractivity contribution in [3.05, 3.63) is 12.7 Å². The Labute approximate surface area is 61.1 Å². The topological polar surface area (TPSA) is 38.3 Å². The molecular formula is C7H13NO2. The Hall–Kier alpha value is -0.830. The lowest BCUT2D eigenvalue weighted by Crippen LogP contribution is -2.22. The van der Waals surface area contributed by atoms with Crippen LogP contribution in [0.5, 0.6) is 0 Å². The third kappa shape index (κ3) is 5.31. The summed E-state index contributed by atoms with van der Waals surface area (Å²) < 4.78 is 4.78. The Morgan fingerprint density at radius 2 is 2.50 bits per heavy atom. The third-order valence-corrected chi connectivity index (χ3v) is 1.01. The van der Waals surface area contributed by atoms with Crippen LogP contribution in [0.2, 0.25) is 0 Å². The largest absolute Gasteiger partial charge is 0.385 e. The molecule has 0 aliphatic carbocycles. The van der Waals surface area contributed by atoms with Crippen molar-refractivity contribution >= 4 is 5.91 Å². The Kier molecular flexibility index (Phi) is 5.77. The Balaban J connectivity index is 3.03. The molecular weight excluding hydrogens is 130 g/mol. The fourth-order valence-electron chi connectivity index (χ4n) is 0.500. The molecule has 0 rings (SSSR count). The highest BCUT2D eigenvalue weighted by Gasteiger charge is 1.90. The van der Waals surface area contributed by atoms with Crippen LogP contribution < -0.4 is 5.32 Å². The van der Waals surface area contributed by atoms with E-state index >= 15 is 0 Å². The number of methoxy groups -OCH3 is 1. The molecule has 0 saturated heterocycles. The van der Waals surface area contributed by atoms with Crippen molar-refractivity contribution < 1.29 is 9.53 Å². The van der Waals surface area contributed by atoms with E-state index in [0.29, 0.717) is 13.2 Å². The summed E-state index contributed by atoms with van der Waals surface area (Å²) in [6.45, 7) is 4.65. The predicted molar refractivity (Wildman–Crippen MR) is 39.7 cm³/mol. The van der Waals surface area contributed by atoms with Crippen LogP contribution in [0.1, 0.15) is 6.42 Å². The molecule has 10 heavy (non-hydrogen) atoms. The third-order valence-electron chi connectivity index (χ3n) is 1.01. The van der Waals surface area contributed by atoms with Gasteiger partial charge in [0.2, 0.25) is 5.91 Å². The molecule has 0 aliphatic heterocycles. The first-order chi connectivity index (χ1) is 4.81. The lowest BCUT2D eigenvalue weighted by atomic mass is 10.4. The highest BCUT2D eigenvalue weighted by molar-refractivity contribution is 5.86. The van der Waals surface area contributed by atoms with Crippen molar-refractivity contribution in [1.82, 2.24) is 5.32 Å². The van der Waals surface area contributed by atoms with E-state index in [9.17, 15) is 4.79 Å². The van der Waals surface area contributed by atoms with Crippen molar-refractivity contribution in [2.75, 3.05) is 20.3 Å². The van der Waals surface area contributed by atoms with E-state index < -0.39 is 0 Å². The van der Waals surface area contributed by atoms with E-state index in [-0.39, 0.29) is 5.91 Å². The van der Waals surface area contributed by atoms with Crippen molar-refractivity contribution in [2.45, 2.75) is 6.42 Å². The zero-order chi connectivity index (χ0) is 7.82. The van der Waals surface area contributed by atoms with Crippen LogP contribution in [0.15, 0.2) is 12.7 Å². The number of carbonyl (C=O) groups is 1. The van der Waals surface area contributed by atoms with Gasteiger partial charge in [-0.25, -0.2) is 0 Å². The molecule has 3 heteroatoms. The second-order valence-corrected chi connectivity index (χ2v) is 1.84. The minimum absolute atomic E-state index is 0.129. The first-order valence-corrected chi connectivity index (χ1v) is 3.20. The van der Waals surface area contributed by atoms with Gasteiger partial charge in [-0.1, -0.05) is 6.58 Å². The number of hydrogen-bond acceptors (Lipinski definition) is 2. The molecule has 0 bridgehead atoms. The summed E-state index contributed by atoms with van der Waals surface area (Å²) in [6, 6.07) is 0. The maximum absolute atomic E-state index is 10.5. The normalized spacial score (nSPS) is 8.90. The number of hydrogen-bond donors (Lipinski definition) is 1. The number of nitrogens with one attached hydrogen (secondary N) is 1. The summed E-state index contributed by atoms with van der Waals surface area (Å²) in [5.74, 6) is -0.129. The molecule has 1 amide bonds. The molecule has 0 aliphatic rings. The van der Waals surface area contributed by atoms with Gasteiger partial charge in [-0.05, 0) is 12.5 Å². The molecule has 0 spiro atoms. The number of rotatable bonds is 5. The van der Waals surface area contributed by atoms with Crippen LogP contribution in [-0.4, -0.2) is 26.2 Å². The second kappa shape index (κ2) is 6.29. The second-order valence-electron chi connectivity index (χ2n) is 1.84. The summed E-state index contributed by atoms with van der Waals surface area (Å²) >= 11 is 0. The molecule has 0 heterocycles. The van der Waals surface area contributed by atoms with Gasteiger partial charge in [0.1, 0.15) is 0 Å². The summed E-state index contributed by atoms with van der Waals surface area (Å²) in [5.41, 5.74) is 0. The molecule has 0 saturated carbocycles. The summed E-state index contributed by atoms with van der Waals surface area (Å²) in [7, 11) is 1.63. The molecule has 3 nitrogen and oxygen atoms in total. The van der Waals surface area contributed by atoms with Crippen molar-refractivity contribution in [3.63, 3.8) is 0 Å². The van der Waals surface area contributed by atoms with Gasteiger partial charge in [0, 0.05) is 20.3 Å². The zero-order valence-electron chi connectivity index (χ0n) is 6.22. The summed E-state index contributed by atoms with van der Waals surface area (Å²) in [4.78, 5) is 10.5. The highest BCUT2D eigenvalue weighted by Crippen LogP contribution is 1.76. The maximum Gasteiger partial charge on any atom is 0.243 e. The molecule has 0 radical (unpaired) electrons. The summed E-state index contributed by atoms with van der Waals surface area (Å²) in [6.07, 6.45) is 2.10. The molecule has 0 unspecified atom stereocenters. The lowest BCUT2D eigenvalue weighted by Gasteiger charge is -1.99. The van der Waals surface area contributed by atoms with E-state index in [1.165, 1.54) is 6.08 Å². The van der Waals surface area contributed by atoms with Crippen LogP contribution in [0.3, 0.4) is 0 Å². The van der Waals surface area contributed by atoms with E-state index in [0.717, 1.165) is 6.42 Å². The van der Waals surface area contributed by atoms with Crippen molar-refractivity contribution in [2.24, 2.45) is 0 Å². The van der Waals surface area contributed by atoms with Gasteiger partial charge in [0.05, 0.1) is 0 Å².